The van der Waals surface area contributed by atoms with Crippen LogP contribution in [-0.2, 0) is 4.84 Å². The molecule has 1 aliphatic rings. The van der Waals surface area contributed by atoms with Gasteiger partial charge < -0.3 is 14.9 Å². The number of hydrogen-bond acceptors (Lipinski definition) is 5. The van der Waals surface area contributed by atoms with Crippen LogP contribution in [0.3, 0.4) is 0 Å². The van der Waals surface area contributed by atoms with Crippen molar-refractivity contribution in [2.45, 2.75) is 37.9 Å². The lowest BCUT2D eigenvalue weighted by Gasteiger charge is -2.24. The Morgan fingerprint density at radius 2 is 2.03 bits per heavy atom. The fraction of sp³-hybridized carbons (Fsp3) is 0.381. The van der Waals surface area contributed by atoms with Gasteiger partial charge in [0.25, 0.3) is 5.91 Å². The topological polar surface area (TPSA) is 72.8 Å². The van der Waals surface area contributed by atoms with Crippen LogP contribution in [0.25, 0.3) is 11.1 Å². The maximum atomic E-state index is 12.9. The van der Waals surface area contributed by atoms with E-state index in [0.717, 1.165) is 24.8 Å². The Bertz CT molecular complexity index is 1020. The highest BCUT2D eigenvalue weighted by molar-refractivity contribution is 6.42. The minimum Gasteiger partial charge on any atom is -0.468 e. The molecule has 32 heavy (non-hydrogen) atoms. The zero-order valence-corrected chi connectivity index (χ0v) is 18.5. The van der Waals surface area contributed by atoms with Gasteiger partial charge in [-0.3, -0.25) is 4.79 Å². The maximum absolute atomic E-state index is 12.9. The van der Waals surface area contributed by atoms with Gasteiger partial charge in [0.15, 0.2) is 6.61 Å². The number of carbonyl (C=O) groups is 1. The van der Waals surface area contributed by atoms with Crippen LogP contribution < -0.4 is 10.1 Å². The first kappa shape index (κ1) is 24.1. The van der Waals surface area contributed by atoms with Crippen molar-refractivity contribution in [2.75, 3.05) is 13.7 Å². The number of benzene rings is 1. The molecule has 6 nitrogen and oxygen atoms in total. The Morgan fingerprint density at radius 3 is 2.72 bits per heavy atom. The van der Waals surface area contributed by atoms with Crippen LogP contribution in [0.5, 0.6) is 5.88 Å². The number of halogens is 5. The molecule has 1 heterocycles. The molecule has 1 fully saturated rings. The highest BCUT2D eigenvalue weighted by Gasteiger charge is 2.30. The summed E-state index contributed by atoms with van der Waals surface area (Å²) in [4.78, 5) is 21.7. The van der Waals surface area contributed by atoms with Crippen molar-refractivity contribution >= 4 is 34.8 Å². The Balaban J connectivity index is 1.92. The standard InChI is InChI=1S/C21H20Cl2F3N3O3/c1-31-29-18-5-3-2-4-17(18)28-19(30)13-8-14(12-6-7-15(22)16(23)9-12)20(27-10-13)32-11-21(24,25)26/h6-10,17H,2-5,11H2,1H3,(H,28,30)/t17-/m1/s1. The SMILES string of the molecule is CON=C1CCCC[C@H]1NC(=O)c1cnc(OCC(F)(F)F)c(-c2ccc(Cl)c(Cl)c2)c1. The van der Waals surface area contributed by atoms with Crippen LogP contribution in [-0.4, -0.2) is 42.5 Å². The second-order valence-corrected chi connectivity index (χ2v) is 7.96. The van der Waals surface area contributed by atoms with Crippen molar-refractivity contribution in [3.63, 3.8) is 0 Å². The first-order valence-corrected chi connectivity index (χ1v) is 10.5. The summed E-state index contributed by atoms with van der Waals surface area (Å²) in [6.45, 7) is -1.53. The van der Waals surface area contributed by atoms with Gasteiger partial charge in [-0.25, -0.2) is 4.98 Å². The molecule has 1 N–H and O–H groups in total. The van der Waals surface area contributed by atoms with E-state index < -0.39 is 18.7 Å². The molecule has 1 aromatic heterocycles. The minimum absolute atomic E-state index is 0.146. The van der Waals surface area contributed by atoms with Crippen LogP contribution in [0, 0.1) is 0 Å². The summed E-state index contributed by atoms with van der Waals surface area (Å²) in [6.07, 6.45) is -0.111. The van der Waals surface area contributed by atoms with E-state index in [1.54, 1.807) is 6.07 Å². The summed E-state index contributed by atoms with van der Waals surface area (Å²) in [7, 11) is 1.44. The number of nitrogens with one attached hydrogen (secondary N) is 1. The number of rotatable bonds is 6. The predicted molar refractivity (Wildman–Crippen MR) is 115 cm³/mol. The van der Waals surface area contributed by atoms with Crippen molar-refractivity contribution in [3.05, 3.63) is 46.1 Å². The van der Waals surface area contributed by atoms with Gasteiger partial charge in [-0.15, -0.1) is 0 Å². The van der Waals surface area contributed by atoms with Crippen molar-refractivity contribution in [1.29, 1.82) is 0 Å². The monoisotopic (exact) mass is 489 g/mol. The molecule has 0 saturated heterocycles. The van der Waals surface area contributed by atoms with Gasteiger partial charge in [0, 0.05) is 11.8 Å². The molecule has 0 unspecified atom stereocenters. The van der Waals surface area contributed by atoms with E-state index >= 15 is 0 Å². The molecule has 0 radical (unpaired) electrons. The summed E-state index contributed by atoms with van der Waals surface area (Å²) in [6, 6.07) is 5.62. The van der Waals surface area contributed by atoms with Gasteiger partial charge in [-0.1, -0.05) is 40.8 Å². The van der Waals surface area contributed by atoms with E-state index in [1.165, 1.54) is 25.3 Å². The van der Waals surface area contributed by atoms with Gasteiger partial charge in [0.1, 0.15) is 7.11 Å². The summed E-state index contributed by atoms with van der Waals surface area (Å²) in [5, 5.41) is 7.35. The van der Waals surface area contributed by atoms with E-state index in [2.05, 4.69) is 15.5 Å². The molecule has 1 aliphatic carbocycles. The lowest BCUT2D eigenvalue weighted by atomic mass is 9.93. The van der Waals surface area contributed by atoms with Crippen LogP contribution in [0.15, 0.2) is 35.6 Å². The summed E-state index contributed by atoms with van der Waals surface area (Å²) in [5.74, 6) is -0.728. The molecule has 0 bridgehead atoms. The van der Waals surface area contributed by atoms with Crippen molar-refractivity contribution in [2.24, 2.45) is 5.16 Å². The van der Waals surface area contributed by atoms with E-state index in [1.807, 2.05) is 0 Å². The molecular formula is C21H20Cl2F3N3O3. The number of alkyl halides is 3. The third-order valence-corrected chi connectivity index (χ3v) is 5.55. The number of nitrogens with zero attached hydrogens (tertiary/aromatic N) is 2. The molecule has 3 rings (SSSR count). The van der Waals surface area contributed by atoms with E-state index in [-0.39, 0.29) is 33.1 Å². The Kier molecular flexibility index (Phi) is 7.84. The van der Waals surface area contributed by atoms with E-state index in [0.29, 0.717) is 18.4 Å². The number of aromatic nitrogens is 1. The molecule has 2 aromatic rings. The third kappa shape index (κ3) is 6.26. The van der Waals surface area contributed by atoms with Crippen LogP contribution in [0.1, 0.15) is 36.0 Å². The number of ether oxygens (including phenoxy) is 1. The molecule has 1 aromatic carbocycles. The predicted octanol–water partition coefficient (Wildman–Crippen LogP) is 5.67. The number of pyridine rings is 1. The highest BCUT2D eigenvalue weighted by atomic mass is 35.5. The van der Waals surface area contributed by atoms with Gasteiger partial charge >= 0.3 is 6.18 Å². The second-order valence-electron chi connectivity index (χ2n) is 7.15. The molecule has 1 amide bonds. The van der Waals surface area contributed by atoms with Gasteiger partial charge in [0.2, 0.25) is 5.88 Å². The van der Waals surface area contributed by atoms with Crippen LogP contribution in [0.4, 0.5) is 13.2 Å². The summed E-state index contributed by atoms with van der Waals surface area (Å²) >= 11 is 12.0. The highest BCUT2D eigenvalue weighted by Crippen LogP contribution is 2.34. The smallest absolute Gasteiger partial charge is 0.422 e. The average Bonchev–Trinajstić information content (AvgIpc) is 2.75. The molecular weight excluding hydrogens is 470 g/mol. The lowest BCUT2D eigenvalue weighted by molar-refractivity contribution is -0.154. The summed E-state index contributed by atoms with van der Waals surface area (Å²) in [5.41, 5.74) is 1.45. The van der Waals surface area contributed by atoms with Crippen LogP contribution in [0.2, 0.25) is 10.0 Å². The van der Waals surface area contributed by atoms with Crippen molar-refractivity contribution < 1.29 is 27.5 Å². The molecule has 1 saturated carbocycles. The maximum Gasteiger partial charge on any atom is 0.422 e. The van der Waals surface area contributed by atoms with Gasteiger partial charge in [0.05, 0.1) is 27.4 Å². The fourth-order valence-electron chi connectivity index (χ4n) is 3.33. The average molecular weight is 490 g/mol. The Labute approximate surface area is 192 Å². The molecule has 0 aliphatic heterocycles. The van der Waals surface area contributed by atoms with Gasteiger partial charge in [-0.2, -0.15) is 13.2 Å². The number of carbonyl (C=O) groups excluding carboxylic acids is 1. The third-order valence-electron chi connectivity index (χ3n) is 4.81. The Hall–Kier alpha value is -2.52. The van der Waals surface area contributed by atoms with Gasteiger partial charge in [-0.05, 0) is 43.0 Å². The zero-order valence-electron chi connectivity index (χ0n) is 17.0. The van der Waals surface area contributed by atoms with Crippen LogP contribution >= 0.6 is 23.2 Å². The first-order valence-electron chi connectivity index (χ1n) is 9.73. The molecule has 11 heteroatoms. The van der Waals surface area contributed by atoms with E-state index in [4.69, 9.17) is 32.8 Å². The molecule has 0 spiro atoms. The first-order chi connectivity index (χ1) is 15.2. The summed E-state index contributed by atoms with van der Waals surface area (Å²) < 4.78 is 42.9. The lowest BCUT2D eigenvalue weighted by Crippen LogP contribution is -2.42. The van der Waals surface area contributed by atoms with E-state index in [9.17, 15) is 18.0 Å². The normalized spacial score (nSPS) is 17.8. The Morgan fingerprint density at radius 1 is 1.25 bits per heavy atom. The number of hydrogen-bond donors (Lipinski definition) is 1. The van der Waals surface area contributed by atoms with Crippen molar-refractivity contribution in [1.82, 2.24) is 10.3 Å². The minimum atomic E-state index is -4.55. The van der Waals surface area contributed by atoms with Crippen molar-refractivity contribution in [3.8, 4) is 17.0 Å². The fourth-order valence-corrected chi connectivity index (χ4v) is 3.63. The zero-order chi connectivity index (χ0) is 23.3. The molecule has 1 atom stereocenters. The second kappa shape index (κ2) is 10.4. The number of amides is 1. The largest absolute Gasteiger partial charge is 0.468 e. The molecule has 172 valence electrons. The quantitative estimate of drug-likeness (QED) is 0.530. The number of oxime groups is 1.